The van der Waals surface area contributed by atoms with Crippen LogP contribution < -0.4 is 0 Å². The number of hydrogen-bond donors (Lipinski definition) is 0. The van der Waals surface area contributed by atoms with Crippen molar-refractivity contribution in [2.24, 2.45) is 0 Å². The van der Waals surface area contributed by atoms with Gasteiger partial charge in [-0.15, -0.1) is 0 Å². The zero-order valence-electron chi connectivity index (χ0n) is 8.41. The van der Waals surface area contributed by atoms with E-state index in [1.165, 1.54) is 6.42 Å². The molecule has 0 amide bonds. The Morgan fingerprint density at radius 3 is 2.71 bits per heavy atom. The molecular formula is C12H16NO. The minimum absolute atomic E-state index is 0.654. The predicted molar refractivity (Wildman–Crippen MR) is 54.4 cm³/mol. The second kappa shape index (κ2) is 4.09. The van der Waals surface area contributed by atoms with Crippen molar-refractivity contribution in [3.63, 3.8) is 0 Å². The van der Waals surface area contributed by atoms with Gasteiger partial charge < -0.3 is 0 Å². The molecule has 0 aromatic carbocycles. The van der Waals surface area contributed by atoms with E-state index in [2.05, 4.69) is 4.98 Å². The van der Waals surface area contributed by atoms with Crippen LogP contribution in [0.4, 0.5) is 0 Å². The third-order valence-corrected chi connectivity index (χ3v) is 3.01. The second-order valence-corrected chi connectivity index (χ2v) is 4.28. The van der Waals surface area contributed by atoms with E-state index in [0.29, 0.717) is 6.42 Å². The molecule has 1 heterocycles. The summed E-state index contributed by atoms with van der Waals surface area (Å²) in [6.07, 6.45) is 9.32. The summed E-state index contributed by atoms with van der Waals surface area (Å²) in [4.78, 5) is 4.04. The van der Waals surface area contributed by atoms with Crippen LogP contribution in [0.2, 0.25) is 0 Å². The maximum absolute atomic E-state index is 12.3. The summed E-state index contributed by atoms with van der Waals surface area (Å²) in [5, 5.41) is 12.3. The lowest BCUT2D eigenvalue weighted by atomic mass is 9.81. The predicted octanol–water partition coefficient (Wildman–Crippen LogP) is 2.76. The lowest BCUT2D eigenvalue weighted by Crippen LogP contribution is -2.32. The van der Waals surface area contributed by atoms with Crippen LogP contribution in [0.3, 0.4) is 0 Å². The molecular weight excluding hydrogens is 174 g/mol. The highest BCUT2D eigenvalue weighted by atomic mass is 16.3. The Kier molecular flexibility index (Phi) is 2.82. The van der Waals surface area contributed by atoms with Crippen LogP contribution in [-0.2, 0) is 11.5 Å². The van der Waals surface area contributed by atoms with E-state index in [0.717, 1.165) is 31.2 Å². The summed E-state index contributed by atoms with van der Waals surface area (Å²) < 4.78 is 0. The average Bonchev–Trinajstić information content (AvgIpc) is 2.19. The maximum Gasteiger partial charge on any atom is 0.108 e. The lowest BCUT2D eigenvalue weighted by molar-refractivity contribution is -0.0577. The molecule has 2 nitrogen and oxygen atoms in total. The summed E-state index contributed by atoms with van der Waals surface area (Å²) in [6, 6.07) is 3.91. The van der Waals surface area contributed by atoms with E-state index in [4.69, 9.17) is 0 Å². The monoisotopic (exact) mass is 190 g/mol. The van der Waals surface area contributed by atoms with E-state index < -0.39 is 5.60 Å². The van der Waals surface area contributed by atoms with E-state index in [9.17, 15) is 5.11 Å². The Labute approximate surface area is 85.0 Å². The molecule has 1 aromatic rings. The smallest absolute Gasteiger partial charge is 0.108 e. The first kappa shape index (κ1) is 9.66. The van der Waals surface area contributed by atoms with Crippen LogP contribution in [0.15, 0.2) is 24.5 Å². The van der Waals surface area contributed by atoms with Crippen LogP contribution in [0, 0.1) is 0 Å². The molecule has 0 spiro atoms. The molecule has 0 aliphatic heterocycles. The Morgan fingerprint density at radius 2 is 2.07 bits per heavy atom. The van der Waals surface area contributed by atoms with Crippen LogP contribution in [0.25, 0.3) is 0 Å². The Hall–Kier alpha value is -0.890. The number of nitrogens with zero attached hydrogens (tertiary/aromatic N) is 1. The van der Waals surface area contributed by atoms with Gasteiger partial charge in [-0.25, -0.2) is 5.11 Å². The fourth-order valence-corrected chi connectivity index (χ4v) is 2.25. The maximum atomic E-state index is 12.3. The molecule has 1 aliphatic carbocycles. The Morgan fingerprint density at radius 1 is 1.29 bits per heavy atom. The molecule has 1 saturated carbocycles. The summed E-state index contributed by atoms with van der Waals surface area (Å²) in [5.41, 5.74) is 0.380. The van der Waals surface area contributed by atoms with Gasteiger partial charge in [0, 0.05) is 18.8 Å². The second-order valence-electron chi connectivity index (χ2n) is 4.28. The van der Waals surface area contributed by atoms with Crippen molar-refractivity contribution < 1.29 is 5.11 Å². The van der Waals surface area contributed by atoms with Crippen LogP contribution >= 0.6 is 0 Å². The zero-order valence-corrected chi connectivity index (χ0v) is 8.41. The van der Waals surface area contributed by atoms with Crippen molar-refractivity contribution in [3.05, 3.63) is 30.1 Å². The first-order valence-electron chi connectivity index (χ1n) is 5.38. The molecule has 1 fully saturated rings. The number of pyridine rings is 1. The highest BCUT2D eigenvalue weighted by Crippen LogP contribution is 2.31. The van der Waals surface area contributed by atoms with Gasteiger partial charge in [0.25, 0.3) is 0 Å². The average molecular weight is 190 g/mol. The van der Waals surface area contributed by atoms with Gasteiger partial charge in [-0.1, -0.05) is 25.3 Å². The zero-order chi connectivity index (χ0) is 9.86. The van der Waals surface area contributed by atoms with Gasteiger partial charge >= 0.3 is 0 Å². The molecule has 0 bridgehead atoms. The van der Waals surface area contributed by atoms with Crippen molar-refractivity contribution in [3.8, 4) is 0 Å². The molecule has 1 aliphatic rings. The van der Waals surface area contributed by atoms with Crippen molar-refractivity contribution in [1.82, 2.24) is 4.98 Å². The van der Waals surface area contributed by atoms with E-state index in [1.54, 1.807) is 6.20 Å². The highest BCUT2D eigenvalue weighted by molar-refractivity contribution is 5.12. The minimum Gasteiger partial charge on any atom is -0.264 e. The fraction of sp³-hybridized carbons (Fsp3) is 0.583. The summed E-state index contributed by atoms with van der Waals surface area (Å²) in [7, 11) is 0. The third kappa shape index (κ3) is 2.32. The lowest BCUT2D eigenvalue weighted by Gasteiger charge is -2.29. The summed E-state index contributed by atoms with van der Waals surface area (Å²) in [6.45, 7) is 0. The van der Waals surface area contributed by atoms with Gasteiger partial charge in [0.2, 0.25) is 0 Å². The number of aromatic nitrogens is 1. The van der Waals surface area contributed by atoms with Gasteiger partial charge in [-0.05, 0) is 24.5 Å². The molecule has 14 heavy (non-hydrogen) atoms. The number of hydrogen-bond acceptors (Lipinski definition) is 1. The summed E-state index contributed by atoms with van der Waals surface area (Å²) >= 11 is 0. The van der Waals surface area contributed by atoms with Crippen molar-refractivity contribution in [2.75, 3.05) is 0 Å². The van der Waals surface area contributed by atoms with Crippen LogP contribution in [0.5, 0.6) is 0 Å². The van der Waals surface area contributed by atoms with E-state index in [-0.39, 0.29) is 0 Å². The molecule has 0 saturated heterocycles. The Bertz CT molecular complexity index is 278. The molecule has 2 heteroatoms. The largest absolute Gasteiger partial charge is 0.264 e. The van der Waals surface area contributed by atoms with Crippen LogP contribution in [-0.4, -0.2) is 10.6 Å². The fourth-order valence-electron chi connectivity index (χ4n) is 2.25. The third-order valence-electron chi connectivity index (χ3n) is 3.01. The standard InChI is InChI=1S/C12H16NO/c14-12(6-2-1-3-7-12)9-11-5-4-8-13-10-11/h4-5,8,10H,1-3,6-7,9H2. The molecule has 0 atom stereocenters. The molecule has 2 rings (SSSR count). The topological polar surface area (TPSA) is 32.8 Å². The Balaban J connectivity index is 2.02. The van der Waals surface area contributed by atoms with Gasteiger partial charge in [-0.2, -0.15) is 0 Å². The van der Waals surface area contributed by atoms with E-state index >= 15 is 0 Å². The highest BCUT2D eigenvalue weighted by Gasteiger charge is 2.31. The van der Waals surface area contributed by atoms with Crippen molar-refractivity contribution >= 4 is 0 Å². The normalized spacial score (nSPS) is 20.6. The number of rotatable bonds is 2. The van der Waals surface area contributed by atoms with Crippen molar-refractivity contribution in [2.45, 2.75) is 44.1 Å². The molecule has 75 valence electrons. The van der Waals surface area contributed by atoms with Gasteiger partial charge in [0.05, 0.1) is 0 Å². The quantitative estimate of drug-likeness (QED) is 0.705. The molecule has 0 N–H and O–H groups in total. The van der Waals surface area contributed by atoms with Gasteiger partial charge in [0.1, 0.15) is 5.60 Å². The SMILES string of the molecule is [O]C1(Cc2cccnc2)CCCCC1. The summed E-state index contributed by atoms with van der Waals surface area (Å²) in [5.74, 6) is 0. The van der Waals surface area contributed by atoms with E-state index in [1.807, 2.05) is 18.3 Å². The minimum atomic E-state index is -0.707. The first-order chi connectivity index (χ1) is 6.79. The van der Waals surface area contributed by atoms with Crippen LogP contribution in [0.1, 0.15) is 37.7 Å². The van der Waals surface area contributed by atoms with Gasteiger partial charge in [0.15, 0.2) is 0 Å². The van der Waals surface area contributed by atoms with Crippen molar-refractivity contribution in [1.29, 1.82) is 0 Å². The van der Waals surface area contributed by atoms with Gasteiger partial charge in [-0.3, -0.25) is 4.98 Å². The molecule has 0 unspecified atom stereocenters. The molecule has 1 radical (unpaired) electrons. The first-order valence-corrected chi connectivity index (χ1v) is 5.38. The molecule has 1 aromatic heterocycles.